The highest BCUT2D eigenvalue weighted by Crippen LogP contribution is 2.46. The van der Waals surface area contributed by atoms with Crippen molar-refractivity contribution in [2.45, 2.75) is 32.7 Å². The number of hydrogen-bond acceptors (Lipinski definition) is 6. The van der Waals surface area contributed by atoms with Crippen LogP contribution in [-0.4, -0.2) is 46.3 Å². The third-order valence-electron chi connectivity index (χ3n) is 4.75. The molecule has 1 aromatic rings. The molecule has 2 aliphatic rings. The van der Waals surface area contributed by atoms with Crippen molar-refractivity contribution in [1.82, 2.24) is 10.2 Å². The van der Waals surface area contributed by atoms with Crippen LogP contribution in [0.15, 0.2) is 35.7 Å². The molecule has 0 saturated carbocycles. The van der Waals surface area contributed by atoms with Crippen molar-refractivity contribution in [3.63, 3.8) is 0 Å². The maximum atomic E-state index is 12.9. The monoisotopic (exact) mass is 372 g/mol. The molecule has 0 aliphatic carbocycles. The van der Waals surface area contributed by atoms with E-state index in [1.165, 1.54) is 6.92 Å². The molecular formula is C19H20N2O6. The van der Waals surface area contributed by atoms with Crippen molar-refractivity contribution in [3.8, 4) is 0 Å². The molecule has 8 nitrogen and oxygen atoms in total. The highest BCUT2D eigenvalue weighted by atomic mass is 16.5. The van der Waals surface area contributed by atoms with Gasteiger partial charge in [0.15, 0.2) is 0 Å². The van der Waals surface area contributed by atoms with Crippen LogP contribution in [0.5, 0.6) is 0 Å². The zero-order valence-electron chi connectivity index (χ0n) is 15.2. The van der Waals surface area contributed by atoms with Crippen LogP contribution in [-0.2, 0) is 23.9 Å². The van der Waals surface area contributed by atoms with E-state index < -0.39 is 47.3 Å². The minimum atomic E-state index is -1.25. The standard InChI is InChI=1S/C19H20N2O6/c1-4-27-19(26)13-12(11-7-5-9(2)6-8-11)15-16(23)14(20-10(3)22)18(25)21(15)17(13)24/h5-8,12-13,15,23H,4H2,1-3H3,(H,20,22). The van der Waals surface area contributed by atoms with E-state index >= 15 is 0 Å². The van der Waals surface area contributed by atoms with Crippen LogP contribution < -0.4 is 5.32 Å². The van der Waals surface area contributed by atoms with Gasteiger partial charge in [-0.3, -0.25) is 24.1 Å². The van der Waals surface area contributed by atoms with Crippen molar-refractivity contribution >= 4 is 23.7 Å². The number of nitrogens with one attached hydrogen (secondary N) is 1. The number of benzene rings is 1. The van der Waals surface area contributed by atoms with Gasteiger partial charge in [-0.1, -0.05) is 29.8 Å². The lowest BCUT2D eigenvalue weighted by atomic mass is 9.83. The van der Waals surface area contributed by atoms with E-state index in [0.29, 0.717) is 5.56 Å². The second-order valence-electron chi connectivity index (χ2n) is 6.57. The quantitative estimate of drug-likeness (QED) is 0.462. The molecule has 1 fully saturated rings. The van der Waals surface area contributed by atoms with Crippen LogP contribution >= 0.6 is 0 Å². The first-order valence-electron chi connectivity index (χ1n) is 8.59. The van der Waals surface area contributed by atoms with E-state index in [-0.39, 0.29) is 12.3 Å². The maximum Gasteiger partial charge on any atom is 0.319 e. The van der Waals surface area contributed by atoms with Crippen molar-refractivity contribution in [2.24, 2.45) is 5.92 Å². The Balaban J connectivity index is 2.12. The largest absolute Gasteiger partial charge is 0.508 e. The highest BCUT2D eigenvalue weighted by molar-refractivity contribution is 6.15. The predicted molar refractivity (Wildman–Crippen MR) is 93.2 cm³/mol. The number of ether oxygens (including phenoxy) is 1. The highest BCUT2D eigenvalue weighted by Gasteiger charge is 2.61. The summed E-state index contributed by atoms with van der Waals surface area (Å²) < 4.78 is 5.03. The summed E-state index contributed by atoms with van der Waals surface area (Å²) in [5, 5.41) is 12.9. The smallest absolute Gasteiger partial charge is 0.319 e. The average Bonchev–Trinajstić information content (AvgIpc) is 3.04. The summed E-state index contributed by atoms with van der Waals surface area (Å²) in [6.45, 7) is 4.79. The lowest BCUT2D eigenvalue weighted by molar-refractivity contribution is -0.153. The van der Waals surface area contributed by atoms with Gasteiger partial charge in [0.25, 0.3) is 5.91 Å². The van der Waals surface area contributed by atoms with Crippen LogP contribution in [0.3, 0.4) is 0 Å². The Morgan fingerprint density at radius 2 is 1.85 bits per heavy atom. The molecular weight excluding hydrogens is 352 g/mol. The Morgan fingerprint density at radius 1 is 1.22 bits per heavy atom. The van der Waals surface area contributed by atoms with Crippen LogP contribution in [0.1, 0.15) is 30.9 Å². The average molecular weight is 372 g/mol. The number of aryl methyl sites for hydroxylation is 1. The zero-order valence-corrected chi connectivity index (χ0v) is 15.2. The topological polar surface area (TPSA) is 113 Å². The van der Waals surface area contributed by atoms with Gasteiger partial charge in [-0.15, -0.1) is 0 Å². The fourth-order valence-electron chi connectivity index (χ4n) is 3.62. The van der Waals surface area contributed by atoms with Gasteiger partial charge in [0, 0.05) is 12.8 Å². The summed E-state index contributed by atoms with van der Waals surface area (Å²) in [7, 11) is 0. The Kier molecular flexibility index (Phi) is 4.73. The molecule has 0 aromatic heterocycles. The van der Waals surface area contributed by atoms with E-state index in [9.17, 15) is 24.3 Å². The van der Waals surface area contributed by atoms with Crippen LogP contribution in [0.4, 0.5) is 0 Å². The molecule has 8 heteroatoms. The van der Waals surface area contributed by atoms with Crippen LogP contribution in [0.25, 0.3) is 0 Å². The van der Waals surface area contributed by atoms with Crippen molar-refractivity contribution in [1.29, 1.82) is 0 Å². The Bertz CT molecular complexity index is 857. The van der Waals surface area contributed by atoms with Gasteiger partial charge >= 0.3 is 5.97 Å². The van der Waals surface area contributed by atoms with E-state index in [0.717, 1.165) is 10.5 Å². The number of imide groups is 1. The number of fused-ring (bicyclic) bond motifs is 1. The first-order valence-corrected chi connectivity index (χ1v) is 8.59. The number of amides is 3. The van der Waals surface area contributed by atoms with Gasteiger partial charge in [-0.25, -0.2) is 0 Å². The predicted octanol–water partition coefficient (Wildman–Crippen LogP) is 0.915. The fraction of sp³-hybridized carbons (Fsp3) is 0.368. The number of hydrogen-bond donors (Lipinski definition) is 2. The van der Waals surface area contributed by atoms with Gasteiger partial charge in [0.05, 0.1) is 6.61 Å². The third kappa shape index (κ3) is 2.97. The fourth-order valence-corrected chi connectivity index (χ4v) is 3.62. The molecule has 3 rings (SSSR count). The van der Waals surface area contributed by atoms with E-state index in [4.69, 9.17) is 4.74 Å². The lowest BCUT2D eigenvalue weighted by Gasteiger charge is -2.21. The minimum absolute atomic E-state index is 0.0841. The summed E-state index contributed by atoms with van der Waals surface area (Å²) >= 11 is 0. The number of nitrogens with zero attached hydrogens (tertiary/aromatic N) is 1. The van der Waals surface area contributed by atoms with Gasteiger partial charge in [-0.2, -0.15) is 0 Å². The molecule has 1 aromatic carbocycles. The van der Waals surface area contributed by atoms with E-state index in [1.54, 1.807) is 19.1 Å². The second-order valence-corrected chi connectivity index (χ2v) is 6.57. The first-order chi connectivity index (χ1) is 12.8. The molecule has 0 spiro atoms. The van der Waals surface area contributed by atoms with Gasteiger partial charge in [0.2, 0.25) is 11.8 Å². The van der Waals surface area contributed by atoms with E-state index in [1.807, 2.05) is 19.1 Å². The molecule has 2 aliphatic heterocycles. The molecule has 142 valence electrons. The summed E-state index contributed by atoms with van der Waals surface area (Å²) in [5.74, 6) is -5.37. The molecule has 0 radical (unpaired) electrons. The van der Waals surface area contributed by atoms with Crippen molar-refractivity contribution < 1.29 is 29.0 Å². The summed E-state index contributed by atoms with van der Waals surface area (Å²) in [5.41, 5.74) is 1.26. The van der Waals surface area contributed by atoms with Gasteiger partial charge in [0.1, 0.15) is 23.4 Å². The SMILES string of the molecule is CCOC(=O)C1C(=O)N2C(=O)C(NC(C)=O)=C(O)C2C1c1ccc(C)cc1. The minimum Gasteiger partial charge on any atom is -0.508 e. The van der Waals surface area contributed by atoms with Crippen LogP contribution in [0, 0.1) is 12.8 Å². The Hall–Kier alpha value is -3.16. The number of carbonyl (C=O) groups is 4. The Morgan fingerprint density at radius 3 is 2.41 bits per heavy atom. The zero-order chi connectivity index (χ0) is 19.9. The van der Waals surface area contributed by atoms with E-state index in [2.05, 4.69) is 5.32 Å². The van der Waals surface area contributed by atoms with Crippen LogP contribution in [0.2, 0.25) is 0 Å². The normalized spacial score (nSPS) is 24.3. The first kappa shape index (κ1) is 18.6. The Labute approximate surface area is 155 Å². The molecule has 3 amide bonds. The number of esters is 1. The van der Waals surface area contributed by atoms with Crippen molar-refractivity contribution in [2.75, 3.05) is 6.61 Å². The second kappa shape index (κ2) is 6.86. The molecule has 3 atom stereocenters. The number of aliphatic hydroxyl groups excluding tert-OH is 1. The molecule has 2 heterocycles. The lowest BCUT2D eigenvalue weighted by Crippen LogP contribution is -2.38. The maximum absolute atomic E-state index is 12.9. The number of rotatable bonds is 4. The molecule has 2 N–H and O–H groups in total. The summed E-state index contributed by atoms with van der Waals surface area (Å²) in [6, 6.07) is 6.06. The molecule has 27 heavy (non-hydrogen) atoms. The summed E-state index contributed by atoms with van der Waals surface area (Å²) in [4.78, 5) is 50.2. The van der Waals surface area contributed by atoms with Gasteiger partial charge < -0.3 is 15.2 Å². The number of carbonyl (C=O) groups excluding carboxylic acids is 4. The molecule has 0 bridgehead atoms. The summed E-state index contributed by atoms with van der Waals surface area (Å²) in [6.07, 6.45) is 0. The van der Waals surface area contributed by atoms with Gasteiger partial charge in [-0.05, 0) is 19.4 Å². The number of aliphatic hydroxyl groups is 1. The molecule has 1 saturated heterocycles. The molecule has 3 unspecified atom stereocenters. The third-order valence-corrected chi connectivity index (χ3v) is 4.75. The van der Waals surface area contributed by atoms with Crippen molar-refractivity contribution in [3.05, 3.63) is 46.8 Å².